The third kappa shape index (κ3) is 5.31. The first kappa shape index (κ1) is 18.4. The summed E-state index contributed by atoms with van der Waals surface area (Å²) in [6.07, 6.45) is 1.98. The van der Waals surface area contributed by atoms with E-state index in [1.165, 1.54) is 5.39 Å². The second-order valence-corrected chi connectivity index (χ2v) is 6.39. The van der Waals surface area contributed by atoms with Gasteiger partial charge in [0, 0.05) is 17.7 Å². The molecule has 27 heavy (non-hydrogen) atoms. The largest absolute Gasteiger partial charge is 0.480 e. The smallest absolute Gasteiger partial charge is 0.317 e. The first-order valence-corrected chi connectivity index (χ1v) is 8.78. The Morgan fingerprint density at radius 1 is 1.00 bits per heavy atom. The highest BCUT2D eigenvalue weighted by molar-refractivity contribution is 5.85. The van der Waals surface area contributed by atoms with E-state index in [1.807, 2.05) is 54.6 Å². The lowest BCUT2D eigenvalue weighted by Gasteiger charge is -2.11. The summed E-state index contributed by atoms with van der Waals surface area (Å²) in [6, 6.07) is 24.3. The molecule has 3 nitrogen and oxygen atoms in total. The predicted octanol–water partition coefficient (Wildman–Crippen LogP) is 4.29. The van der Waals surface area contributed by atoms with Gasteiger partial charge in [-0.15, -0.1) is 0 Å². The van der Waals surface area contributed by atoms with Crippen LogP contribution >= 0.6 is 0 Å². The molecule has 0 unspecified atom stereocenters. The number of carboxylic acid groups (broad SMARTS) is 1. The van der Waals surface area contributed by atoms with E-state index in [1.54, 1.807) is 11.9 Å². The van der Waals surface area contributed by atoms with E-state index >= 15 is 0 Å². The van der Waals surface area contributed by atoms with Gasteiger partial charge in [-0.05, 0) is 35.5 Å². The molecule has 1 N–H and O–H groups in total. The molecule has 0 fully saturated rings. The SMILES string of the molecule is CN(C/C=C(/C#Cc1ccc2ccccc2c1)c1ccccc1)CC(=O)O. The van der Waals surface area contributed by atoms with Crippen LogP contribution in [0.4, 0.5) is 0 Å². The topological polar surface area (TPSA) is 40.5 Å². The number of carboxylic acids is 1. The predicted molar refractivity (Wildman–Crippen MR) is 110 cm³/mol. The third-order valence-corrected chi connectivity index (χ3v) is 4.19. The minimum absolute atomic E-state index is 0.00330. The third-order valence-electron chi connectivity index (χ3n) is 4.19. The highest BCUT2D eigenvalue weighted by Gasteiger charge is 2.04. The van der Waals surface area contributed by atoms with Crippen LogP contribution in [-0.2, 0) is 4.79 Å². The Balaban J connectivity index is 1.89. The molecule has 0 amide bonds. The van der Waals surface area contributed by atoms with E-state index in [4.69, 9.17) is 5.11 Å². The van der Waals surface area contributed by atoms with Gasteiger partial charge < -0.3 is 5.11 Å². The van der Waals surface area contributed by atoms with Crippen LogP contribution in [0.25, 0.3) is 16.3 Å². The van der Waals surface area contributed by atoms with E-state index in [0.29, 0.717) is 6.54 Å². The zero-order valence-corrected chi connectivity index (χ0v) is 15.2. The fourth-order valence-electron chi connectivity index (χ4n) is 2.81. The van der Waals surface area contributed by atoms with Gasteiger partial charge in [-0.3, -0.25) is 9.69 Å². The van der Waals surface area contributed by atoms with Gasteiger partial charge in [-0.1, -0.05) is 78.6 Å². The molecule has 0 radical (unpaired) electrons. The van der Waals surface area contributed by atoms with Gasteiger partial charge in [0.05, 0.1) is 6.54 Å². The van der Waals surface area contributed by atoms with Crippen molar-refractivity contribution in [1.82, 2.24) is 4.90 Å². The Morgan fingerprint density at radius 2 is 1.70 bits per heavy atom. The zero-order chi connectivity index (χ0) is 19.1. The number of benzene rings is 3. The summed E-state index contributed by atoms with van der Waals surface area (Å²) in [5, 5.41) is 11.3. The van der Waals surface area contributed by atoms with Crippen LogP contribution < -0.4 is 0 Å². The average molecular weight is 355 g/mol. The fraction of sp³-hybridized carbons (Fsp3) is 0.125. The molecule has 0 bridgehead atoms. The summed E-state index contributed by atoms with van der Waals surface area (Å²) in [5.41, 5.74) is 2.87. The number of fused-ring (bicyclic) bond motifs is 1. The minimum Gasteiger partial charge on any atom is -0.480 e. The second-order valence-electron chi connectivity index (χ2n) is 6.39. The number of carbonyl (C=O) groups is 1. The standard InChI is InChI=1S/C24H21NO2/c1-25(18-24(26)27)16-15-22(20-7-3-2-4-8-20)14-12-19-11-13-21-9-5-6-10-23(21)17-19/h2-11,13,15,17H,16,18H2,1H3,(H,26,27)/b22-15-. The van der Waals surface area contributed by atoms with E-state index in [2.05, 4.69) is 36.1 Å². The maximum absolute atomic E-state index is 10.9. The van der Waals surface area contributed by atoms with Gasteiger partial charge in [-0.2, -0.15) is 0 Å². The van der Waals surface area contributed by atoms with Crippen molar-refractivity contribution in [2.75, 3.05) is 20.1 Å². The van der Waals surface area contributed by atoms with Crippen molar-refractivity contribution >= 4 is 22.3 Å². The van der Waals surface area contributed by atoms with E-state index < -0.39 is 5.97 Å². The molecule has 0 aromatic heterocycles. The van der Waals surface area contributed by atoms with Crippen molar-refractivity contribution in [2.24, 2.45) is 0 Å². The molecule has 3 aromatic carbocycles. The van der Waals surface area contributed by atoms with E-state index in [-0.39, 0.29) is 6.54 Å². The fourth-order valence-corrected chi connectivity index (χ4v) is 2.81. The van der Waals surface area contributed by atoms with E-state index in [0.717, 1.165) is 22.1 Å². The lowest BCUT2D eigenvalue weighted by atomic mass is 10.0. The van der Waals surface area contributed by atoms with E-state index in [9.17, 15) is 4.79 Å². The summed E-state index contributed by atoms with van der Waals surface area (Å²) in [5.74, 6) is 5.67. The number of allylic oxidation sites excluding steroid dienone is 1. The Labute approximate surface area is 159 Å². The summed E-state index contributed by atoms with van der Waals surface area (Å²) >= 11 is 0. The van der Waals surface area contributed by atoms with Crippen LogP contribution in [0.1, 0.15) is 11.1 Å². The zero-order valence-electron chi connectivity index (χ0n) is 15.2. The maximum Gasteiger partial charge on any atom is 0.317 e. The monoisotopic (exact) mass is 355 g/mol. The quantitative estimate of drug-likeness (QED) is 0.694. The van der Waals surface area contributed by atoms with Crippen molar-refractivity contribution < 1.29 is 9.90 Å². The van der Waals surface area contributed by atoms with Crippen molar-refractivity contribution in [3.05, 3.63) is 90.0 Å². The highest BCUT2D eigenvalue weighted by atomic mass is 16.4. The normalized spacial score (nSPS) is 11.3. The molecule has 3 heteroatoms. The number of hydrogen-bond acceptors (Lipinski definition) is 2. The number of nitrogens with zero attached hydrogens (tertiary/aromatic N) is 1. The average Bonchev–Trinajstić information content (AvgIpc) is 2.68. The molecule has 0 spiro atoms. The number of likely N-dealkylation sites (N-methyl/N-ethyl adjacent to an activating group) is 1. The number of hydrogen-bond donors (Lipinski definition) is 1. The van der Waals surface area contributed by atoms with Gasteiger partial charge in [0.2, 0.25) is 0 Å². The van der Waals surface area contributed by atoms with Gasteiger partial charge in [0.15, 0.2) is 0 Å². The van der Waals surface area contributed by atoms with Gasteiger partial charge in [-0.25, -0.2) is 0 Å². The Kier molecular flexibility index (Phi) is 6.04. The molecule has 0 aliphatic carbocycles. The second kappa shape index (κ2) is 8.84. The first-order chi connectivity index (χ1) is 13.1. The van der Waals surface area contributed by atoms with Gasteiger partial charge in [0.25, 0.3) is 0 Å². The molecular formula is C24H21NO2. The molecule has 0 aliphatic rings. The maximum atomic E-state index is 10.9. The molecule has 0 saturated carbocycles. The highest BCUT2D eigenvalue weighted by Crippen LogP contribution is 2.16. The summed E-state index contributed by atoms with van der Waals surface area (Å²) in [7, 11) is 1.78. The Morgan fingerprint density at radius 3 is 2.44 bits per heavy atom. The van der Waals surface area contributed by atoms with Crippen LogP contribution in [0.2, 0.25) is 0 Å². The minimum atomic E-state index is -0.839. The van der Waals surface area contributed by atoms with Crippen LogP contribution in [0.3, 0.4) is 0 Å². The molecule has 3 rings (SSSR count). The Hall–Kier alpha value is -3.35. The lowest BCUT2D eigenvalue weighted by Crippen LogP contribution is -2.25. The lowest BCUT2D eigenvalue weighted by molar-refractivity contribution is -0.137. The van der Waals surface area contributed by atoms with Gasteiger partial charge >= 0.3 is 5.97 Å². The molecule has 134 valence electrons. The van der Waals surface area contributed by atoms with Crippen molar-refractivity contribution in [3.8, 4) is 11.8 Å². The first-order valence-electron chi connectivity index (χ1n) is 8.78. The molecular weight excluding hydrogens is 334 g/mol. The van der Waals surface area contributed by atoms with Crippen LogP contribution in [-0.4, -0.2) is 36.1 Å². The molecule has 0 atom stereocenters. The van der Waals surface area contributed by atoms with Crippen LogP contribution in [0, 0.1) is 11.8 Å². The molecule has 3 aromatic rings. The summed E-state index contributed by atoms with van der Waals surface area (Å²) in [6.45, 7) is 0.513. The molecule has 0 saturated heterocycles. The molecule has 0 heterocycles. The number of aliphatic carboxylic acids is 1. The van der Waals surface area contributed by atoms with Crippen molar-refractivity contribution in [3.63, 3.8) is 0 Å². The van der Waals surface area contributed by atoms with Gasteiger partial charge in [0.1, 0.15) is 0 Å². The van der Waals surface area contributed by atoms with Crippen LogP contribution in [0.5, 0.6) is 0 Å². The van der Waals surface area contributed by atoms with Crippen LogP contribution in [0.15, 0.2) is 78.9 Å². The van der Waals surface area contributed by atoms with Crippen molar-refractivity contribution in [2.45, 2.75) is 0 Å². The number of rotatable bonds is 5. The Bertz CT molecular complexity index is 1030. The molecule has 0 aliphatic heterocycles. The summed E-state index contributed by atoms with van der Waals surface area (Å²) in [4.78, 5) is 12.6. The van der Waals surface area contributed by atoms with Crippen molar-refractivity contribution in [1.29, 1.82) is 0 Å². The summed E-state index contributed by atoms with van der Waals surface area (Å²) < 4.78 is 0.